The van der Waals surface area contributed by atoms with Crippen LogP contribution in [0.5, 0.6) is 0 Å². The fourth-order valence-corrected chi connectivity index (χ4v) is 1.90. The van der Waals surface area contributed by atoms with Crippen LogP contribution in [-0.2, 0) is 10.2 Å². The summed E-state index contributed by atoms with van der Waals surface area (Å²) in [7, 11) is -3.77. The van der Waals surface area contributed by atoms with Crippen molar-refractivity contribution in [1.29, 1.82) is 0 Å². The molecule has 90 valence electrons. The van der Waals surface area contributed by atoms with Gasteiger partial charge in [0.15, 0.2) is 0 Å². The van der Waals surface area contributed by atoms with Crippen LogP contribution >= 0.6 is 0 Å². The standard InChI is InChI=1S/C9H10N4O3S/c1-6-4-7(9-12-11-5-16-9)2-3-8(6)13-17(10,14)15/h2-5,13H,1H3,(H2,10,14,15). The first-order valence-corrected chi connectivity index (χ1v) is 6.18. The number of nitrogens with two attached hydrogens (primary N) is 1. The van der Waals surface area contributed by atoms with Crippen molar-refractivity contribution >= 4 is 15.9 Å². The molecule has 0 aliphatic carbocycles. The highest BCUT2D eigenvalue weighted by atomic mass is 32.2. The minimum Gasteiger partial charge on any atom is -0.423 e. The maximum atomic E-state index is 10.9. The molecule has 0 radical (unpaired) electrons. The molecular weight excluding hydrogens is 244 g/mol. The van der Waals surface area contributed by atoms with Gasteiger partial charge in [-0.15, -0.1) is 10.2 Å². The van der Waals surface area contributed by atoms with Crippen LogP contribution in [0.3, 0.4) is 0 Å². The number of hydrogen-bond donors (Lipinski definition) is 2. The lowest BCUT2D eigenvalue weighted by atomic mass is 10.1. The Labute approximate surface area is 97.8 Å². The monoisotopic (exact) mass is 254 g/mol. The molecule has 1 heterocycles. The van der Waals surface area contributed by atoms with Crippen LogP contribution in [0.25, 0.3) is 11.5 Å². The van der Waals surface area contributed by atoms with Crippen molar-refractivity contribution < 1.29 is 12.8 Å². The van der Waals surface area contributed by atoms with Crippen molar-refractivity contribution in [1.82, 2.24) is 10.2 Å². The third-order valence-corrected chi connectivity index (χ3v) is 2.59. The first-order chi connectivity index (χ1) is 7.96. The molecule has 17 heavy (non-hydrogen) atoms. The zero-order chi connectivity index (χ0) is 12.5. The zero-order valence-electron chi connectivity index (χ0n) is 8.91. The normalized spacial score (nSPS) is 11.4. The summed E-state index contributed by atoms with van der Waals surface area (Å²) in [6.07, 6.45) is 1.22. The highest BCUT2D eigenvalue weighted by molar-refractivity contribution is 7.90. The number of aromatic nitrogens is 2. The Morgan fingerprint density at radius 2 is 2.18 bits per heavy atom. The number of anilines is 1. The number of aryl methyl sites for hydroxylation is 1. The Morgan fingerprint density at radius 3 is 2.71 bits per heavy atom. The highest BCUT2D eigenvalue weighted by Crippen LogP contribution is 2.23. The Balaban J connectivity index is 2.36. The summed E-state index contributed by atoms with van der Waals surface area (Å²) in [4.78, 5) is 0. The summed E-state index contributed by atoms with van der Waals surface area (Å²) < 4.78 is 29.0. The van der Waals surface area contributed by atoms with E-state index in [1.807, 2.05) is 0 Å². The molecule has 0 aliphatic heterocycles. The first kappa shape index (κ1) is 11.6. The number of hydrogen-bond acceptors (Lipinski definition) is 5. The molecule has 0 atom stereocenters. The molecule has 2 aromatic rings. The number of benzene rings is 1. The lowest BCUT2D eigenvalue weighted by molar-refractivity contribution is 0.568. The number of rotatable bonds is 3. The highest BCUT2D eigenvalue weighted by Gasteiger charge is 2.08. The Bertz CT molecular complexity index is 622. The van der Waals surface area contributed by atoms with Gasteiger partial charge in [0.25, 0.3) is 10.2 Å². The van der Waals surface area contributed by atoms with Crippen LogP contribution in [-0.4, -0.2) is 18.6 Å². The van der Waals surface area contributed by atoms with E-state index < -0.39 is 10.2 Å². The molecule has 2 rings (SSSR count). The van der Waals surface area contributed by atoms with Crippen molar-refractivity contribution in [3.05, 3.63) is 30.2 Å². The van der Waals surface area contributed by atoms with Gasteiger partial charge in [0.05, 0.1) is 5.69 Å². The van der Waals surface area contributed by atoms with Crippen LogP contribution < -0.4 is 9.86 Å². The Hall–Kier alpha value is -1.93. The summed E-state index contributed by atoms with van der Waals surface area (Å²) in [6, 6.07) is 4.97. The van der Waals surface area contributed by atoms with Gasteiger partial charge in [-0.1, -0.05) is 0 Å². The molecule has 0 amide bonds. The fourth-order valence-electron chi connectivity index (χ4n) is 1.36. The summed E-state index contributed by atoms with van der Waals surface area (Å²) in [5.41, 5.74) is 1.82. The zero-order valence-corrected chi connectivity index (χ0v) is 9.73. The molecule has 1 aromatic heterocycles. The number of nitrogens with zero attached hydrogens (tertiary/aromatic N) is 2. The van der Waals surface area contributed by atoms with E-state index in [-0.39, 0.29) is 0 Å². The largest absolute Gasteiger partial charge is 0.423 e. The van der Waals surface area contributed by atoms with Gasteiger partial charge in [-0.05, 0) is 30.7 Å². The average molecular weight is 254 g/mol. The Morgan fingerprint density at radius 1 is 1.41 bits per heavy atom. The minimum atomic E-state index is -3.77. The fraction of sp³-hybridized carbons (Fsp3) is 0.111. The van der Waals surface area contributed by atoms with Gasteiger partial charge >= 0.3 is 0 Å². The quantitative estimate of drug-likeness (QED) is 0.835. The molecule has 0 saturated carbocycles. The van der Waals surface area contributed by atoms with Gasteiger partial charge in [-0.2, -0.15) is 8.42 Å². The molecule has 3 N–H and O–H groups in total. The summed E-state index contributed by atoms with van der Waals surface area (Å²) >= 11 is 0. The van der Waals surface area contributed by atoms with E-state index in [0.717, 1.165) is 0 Å². The SMILES string of the molecule is Cc1cc(-c2nnco2)ccc1NS(N)(=O)=O. The van der Waals surface area contributed by atoms with E-state index >= 15 is 0 Å². The maximum Gasteiger partial charge on any atom is 0.296 e. The van der Waals surface area contributed by atoms with Crippen LogP contribution in [0.1, 0.15) is 5.56 Å². The van der Waals surface area contributed by atoms with Crippen molar-refractivity contribution in [3.8, 4) is 11.5 Å². The molecule has 0 unspecified atom stereocenters. The average Bonchev–Trinajstić information content (AvgIpc) is 2.72. The van der Waals surface area contributed by atoms with Gasteiger partial charge in [-0.3, -0.25) is 4.72 Å². The lowest BCUT2D eigenvalue weighted by Crippen LogP contribution is -2.22. The third kappa shape index (κ3) is 2.80. The van der Waals surface area contributed by atoms with E-state index in [1.165, 1.54) is 6.39 Å². The maximum absolute atomic E-state index is 10.9. The van der Waals surface area contributed by atoms with Crippen molar-refractivity contribution in [2.75, 3.05) is 4.72 Å². The lowest BCUT2D eigenvalue weighted by Gasteiger charge is -2.07. The van der Waals surface area contributed by atoms with Gasteiger partial charge in [0, 0.05) is 5.56 Å². The predicted octanol–water partition coefficient (Wildman–Crippen LogP) is 0.660. The van der Waals surface area contributed by atoms with E-state index in [0.29, 0.717) is 22.7 Å². The van der Waals surface area contributed by atoms with E-state index in [9.17, 15) is 8.42 Å². The van der Waals surface area contributed by atoms with E-state index in [4.69, 9.17) is 9.56 Å². The van der Waals surface area contributed by atoms with Crippen molar-refractivity contribution in [3.63, 3.8) is 0 Å². The second-order valence-corrected chi connectivity index (χ2v) is 4.71. The van der Waals surface area contributed by atoms with Crippen LogP contribution in [0, 0.1) is 6.92 Å². The van der Waals surface area contributed by atoms with Gasteiger partial charge in [0.1, 0.15) is 0 Å². The summed E-state index contributed by atoms with van der Waals surface area (Å²) in [5.74, 6) is 0.371. The van der Waals surface area contributed by atoms with Gasteiger partial charge < -0.3 is 4.42 Å². The van der Waals surface area contributed by atoms with Gasteiger partial charge in [-0.25, -0.2) is 5.14 Å². The van der Waals surface area contributed by atoms with Crippen molar-refractivity contribution in [2.24, 2.45) is 5.14 Å². The van der Waals surface area contributed by atoms with Crippen LogP contribution in [0.4, 0.5) is 5.69 Å². The molecule has 0 bridgehead atoms. The Kier molecular flexibility index (Phi) is 2.82. The molecule has 8 heteroatoms. The first-order valence-electron chi connectivity index (χ1n) is 4.63. The molecule has 0 saturated heterocycles. The van der Waals surface area contributed by atoms with Gasteiger partial charge in [0.2, 0.25) is 12.3 Å². The molecule has 0 aliphatic rings. The minimum absolute atomic E-state index is 0.371. The van der Waals surface area contributed by atoms with E-state index in [2.05, 4.69) is 14.9 Å². The topological polar surface area (TPSA) is 111 Å². The molecule has 1 aromatic carbocycles. The predicted molar refractivity (Wildman–Crippen MR) is 61.2 cm³/mol. The smallest absolute Gasteiger partial charge is 0.296 e. The van der Waals surface area contributed by atoms with Crippen LogP contribution in [0.2, 0.25) is 0 Å². The summed E-state index contributed by atoms with van der Waals surface area (Å²) in [5, 5.41) is 12.2. The van der Waals surface area contributed by atoms with E-state index in [1.54, 1.807) is 25.1 Å². The molecule has 0 fully saturated rings. The van der Waals surface area contributed by atoms with Crippen LogP contribution in [0.15, 0.2) is 29.0 Å². The second-order valence-electron chi connectivity index (χ2n) is 3.42. The second kappa shape index (κ2) is 4.15. The molecule has 0 spiro atoms. The van der Waals surface area contributed by atoms with Crippen molar-refractivity contribution in [2.45, 2.75) is 6.92 Å². The molecular formula is C9H10N4O3S. The molecule has 7 nitrogen and oxygen atoms in total. The number of nitrogens with one attached hydrogen (secondary N) is 1. The summed E-state index contributed by atoms with van der Waals surface area (Å²) in [6.45, 7) is 1.74. The third-order valence-electron chi connectivity index (χ3n) is 2.09.